The zero-order valence-electron chi connectivity index (χ0n) is 11.2. The minimum Gasteiger partial charge on any atom is -0.302 e. The van der Waals surface area contributed by atoms with Gasteiger partial charge in [-0.1, -0.05) is 43.5 Å². The number of ketones is 2. The number of benzene rings is 1. The lowest BCUT2D eigenvalue weighted by atomic mass is 9.66. The molecule has 3 nitrogen and oxygen atoms in total. The first-order chi connectivity index (χ1) is 9.68. The number of fused-ring (bicyclic) bond motifs is 1. The van der Waals surface area contributed by atoms with E-state index in [0.29, 0.717) is 29.5 Å². The van der Waals surface area contributed by atoms with E-state index in [1.165, 1.54) is 6.08 Å². The Morgan fingerprint density at radius 1 is 0.950 bits per heavy atom. The first-order valence-electron chi connectivity index (χ1n) is 7.04. The summed E-state index contributed by atoms with van der Waals surface area (Å²) in [5.74, 6) is -0.323. The van der Waals surface area contributed by atoms with Gasteiger partial charge in [0.15, 0.2) is 11.6 Å². The average Bonchev–Trinajstić information content (AvgIpc) is 2.51. The normalized spacial score (nSPS) is 21.1. The average molecular weight is 268 g/mol. The Hall–Kier alpha value is -2.03. The Bertz CT molecular complexity index is 619. The van der Waals surface area contributed by atoms with Crippen molar-refractivity contribution < 1.29 is 14.4 Å². The molecule has 0 aliphatic heterocycles. The van der Waals surface area contributed by atoms with Gasteiger partial charge in [0, 0.05) is 16.7 Å². The van der Waals surface area contributed by atoms with Crippen molar-refractivity contribution in [1.82, 2.24) is 0 Å². The maximum atomic E-state index is 12.6. The number of carbonyl (C=O) groups is 3. The van der Waals surface area contributed by atoms with Crippen molar-refractivity contribution in [1.29, 1.82) is 0 Å². The monoisotopic (exact) mass is 268 g/mol. The zero-order chi connectivity index (χ0) is 14.2. The molecular weight excluding hydrogens is 252 g/mol. The molecule has 2 aliphatic rings. The van der Waals surface area contributed by atoms with Crippen LogP contribution >= 0.6 is 0 Å². The second-order valence-corrected chi connectivity index (χ2v) is 5.63. The molecule has 1 aromatic rings. The highest BCUT2D eigenvalue weighted by molar-refractivity contribution is 6.25. The zero-order valence-corrected chi connectivity index (χ0v) is 11.2. The van der Waals surface area contributed by atoms with E-state index in [0.717, 1.165) is 25.5 Å². The Kier molecular flexibility index (Phi) is 3.13. The molecule has 102 valence electrons. The van der Waals surface area contributed by atoms with Crippen molar-refractivity contribution in [2.24, 2.45) is 5.41 Å². The molecule has 3 rings (SSSR count). The van der Waals surface area contributed by atoms with Gasteiger partial charge in [0.2, 0.25) is 0 Å². The Labute approximate surface area is 117 Å². The molecule has 0 N–H and O–H groups in total. The molecule has 1 fully saturated rings. The number of allylic oxidation sites excluding steroid dienone is 2. The minimum absolute atomic E-state index is 0.158. The van der Waals surface area contributed by atoms with Crippen LogP contribution in [0.15, 0.2) is 35.9 Å². The summed E-state index contributed by atoms with van der Waals surface area (Å²) >= 11 is 0. The summed E-state index contributed by atoms with van der Waals surface area (Å²) in [6, 6.07) is 6.83. The van der Waals surface area contributed by atoms with E-state index in [4.69, 9.17) is 0 Å². The number of hydrogen-bond acceptors (Lipinski definition) is 3. The summed E-state index contributed by atoms with van der Waals surface area (Å²) < 4.78 is 0. The predicted molar refractivity (Wildman–Crippen MR) is 74.8 cm³/mol. The fourth-order valence-corrected chi connectivity index (χ4v) is 3.32. The third-order valence-corrected chi connectivity index (χ3v) is 4.46. The van der Waals surface area contributed by atoms with Crippen LogP contribution in [0.2, 0.25) is 0 Å². The molecule has 1 saturated carbocycles. The van der Waals surface area contributed by atoms with E-state index in [-0.39, 0.29) is 11.6 Å². The van der Waals surface area contributed by atoms with Crippen molar-refractivity contribution >= 4 is 17.9 Å². The number of carbonyl (C=O) groups excluding carboxylic acids is 3. The van der Waals surface area contributed by atoms with Crippen LogP contribution in [0, 0.1) is 5.41 Å². The van der Waals surface area contributed by atoms with Crippen LogP contribution in [0.3, 0.4) is 0 Å². The molecule has 0 spiro atoms. The van der Waals surface area contributed by atoms with E-state index in [1.807, 2.05) is 0 Å². The molecule has 20 heavy (non-hydrogen) atoms. The third kappa shape index (κ3) is 1.85. The molecule has 0 aromatic heterocycles. The second kappa shape index (κ2) is 4.82. The molecule has 0 atom stereocenters. The van der Waals surface area contributed by atoms with Gasteiger partial charge in [-0.3, -0.25) is 9.59 Å². The lowest BCUT2D eigenvalue weighted by Gasteiger charge is -2.35. The van der Waals surface area contributed by atoms with Gasteiger partial charge < -0.3 is 4.79 Å². The van der Waals surface area contributed by atoms with E-state index in [9.17, 15) is 14.4 Å². The lowest BCUT2D eigenvalue weighted by Crippen LogP contribution is -2.34. The molecule has 0 heterocycles. The van der Waals surface area contributed by atoms with Crippen LogP contribution in [-0.4, -0.2) is 17.9 Å². The Morgan fingerprint density at radius 2 is 1.60 bits per heavy atom. The molecule has 0 unspecified atom stereocenters. The second-order valence-electron chi connectivity index (χ2n) is 5.63. The third-order valence-electron chi connectivity index (χ3n) is 4.46. The smallest absolute Gasteiger partial charge is 0.190 e. The predicted octanol–water partition coefficient (Wildman–Crippen LogP) is 3.14. The fraction of sp³-hybridized carbons (Fsp3) is 0.353. The summed E-state index contributed by atoms with van der Waals surface area (Å²) in [5, 5.41) is 0. The van der Waals surface area contributed by atoms with E-state index < -0.39 is 5.41 Å². The molecule has 0 radical (unpaired) electrons. The number of aldehydes is 1. The van der Waals surface area contributed by atoms with Crippen LogP contribution in [0.1, 0.15) is 52.8 Å². The van der Waals surface area contributed by atoms with Gasteiger partial charge in [-0.2, -0.15) is 0 Å². The van der Waals surface area contributed by atoms with Crippen molar-refractivity contribution in [2.45, 2.75) is 32.1 Å². The van der Waals surface area contributed by atoms with Gasteiger partial charge in [0.25, 0.3) is 0 Å². The van der Waals surface area contributed by atoms with E-state index in [1.54, 1.807) is 24.3 Å². The van der Waals surface area contributed by atoms with Crippen molar-refractivity contribution in [3.8, 4) is 0 Å². The van der Waals surface area contributed by atoms with Gasteiger partial charge in [0.1, 0.15) is 6.29 Å². The van der Waals surface area contributed by atoms with E-state index in [2.05, 4.69) is 0 Å². The maximum Gasteiger partial charge on any atom is 0.190 e. The molecule has 1 aromatic carbocycles. The van der Waals surface area contributed by atoms with Crippen LogP contribution in [0.25, 0.3) is 0 Å². The van der Waals surface area contributed by atoms with Crippen LogP contribution in [0.5, 0.6) is 0 Å². The van der Waals surface area contributed by atoms with Gasteiger partial charge >= 0.3 is 0 Å². The summed E-state index contributed by atoms with van der Waals surface area (Å²) in [4.78, 5) is 36.5. The van der Waals surface area contributed by atoms with Crippen LogP contribution in [0.4, 0.5) is 0 Å². The first kappa shape index (κ1) is 13.0. The largest absolute Gasteiger partial charge is 0.302 e. The SMILES string of the molecule is O=CC1(C2=CC(=O)c3ccccc3C2=O)CCCCC1. The summed E-state index contributed by atoms with van der Waals surface area (Å²) in [6.45, 7) is 0. The highest BCUT2D eigenvalue weighted by Crippen LogP contribution is 2.43. The lowest BCUT2D eigenvalue weighted by molar-refractivity contribution is -0.115. The van der Waals surface area contributed by atoms with Gasteiger partial charge in [-0.15, -0.1) is 0 Å². The standard InChI is InChI=1S/C17H16O3/c18-11-17(8-4-1-5-9-17)14-10-15(19)12-6-2-3-7-13(12)16(14)20/h2-3,6-7,10-11H,1,4-5,8-9H2. The number of rotatable bonds is 2. The summed E-state index contributed by atoms with van der Waals surface area (Å²) in [7, 11) is 0. The molecule has 0 saturated heterocycles. The van der Waals surface area contributed by atoms with Crippen molar-refractivity contribution in [3.63, 3.8) is 0 Å². The van der Waals surface area contributed by atoms with Crippen LogP contribution in [-0.2, 0) is 4.79 Å². The summed E-state index contributed by atoms with van der Waals surface area (Å²) in [6.07, 6.45) is 6.56. The van der Waals surface area contributed by atoms with Crippen molar-refractivity contribution in [3.05, 3.63) is 47.0 Å². The Balaban J connectivity index is 2.09. The van der Waals surface area contributed by atoms with Crippen molar-refractivity contribution in [2.75, 3.05) is 0 Å². The van der Waals surface area contributed by atoms with Gasteiger partial charge in [-0.25, -0.2) is 0 Å². The summed E-state index contributed by atoms with van der Waals surface area (Å²) in [5.41, 5.74) is 0.522. The highest BCUT2D eigenvalue weighted by Gasteiger charge is 2.41. The number of hydrogen-bond donors (Lipinski definition) is 0. The molecule has 0 bridgehead atoms. The minimum atomic E-state index is -0.751. The molecule has 3 heteroatoms. The maximum absolute atomic E-state index is 12.6. The highest BCUT2D eigenvalue weighted by atomic mass is 16.1. The first-order valence-corrected chi connectivity index (χ1v) is 7.04. The van der Waals surface area contributed by atoms with E-state index >= 15 is 0 Å². The topological polar surface area (TPSA) is 51.2 Å². The van der Waals surface area contributed by atoms with Crippen LogP contribution < -0.4 is 0 Å². The van der Waals surface area contributed by atoms with Gasteiger partial charge in [-0.05, 0) is 18.9 Å². The number of Topliss-reactive ketones (excluding diaryl/α,β-unsaturated/α-hetero) is 1. The Morgan fingerprint density at radius 3 is 2.25 bits per heavy atom. The fourth-order valence-electron chi connectivity index (χ4n) is 3.32. The van der Waals surface area contributed by atoms with Gasteiger partial charge in [0.05, 0.1) is 5.41 Å². The molecule has 2 aliphatic carbocycles. The molecular formula is C17H16O3. The quantitative estimate of drug-likeness (QED) is 0.774. The molecule has 0 amide bonds.